The summed E-state index contributed by atoms with van der Waals surface area (Å²) in [4.78, 5) is 16.0. The molecule has 0 N–H and O–H groups in total. The fraction of sp³-hybridized carbons (Fsp3) is 0.722. The van der Waals surface area contributed by atoms with Crippen LogP contribution in [0.15, 0.2) is 17.5 Å². The van der Waals surface area contributed by atoms with E-state index in [0.717, 1.165) is 38.1 Å². The predicted molar refractivity (Wildman–Crippen MR) is 90.8 cm³/mol. The van der Waals surface area contributed by atoms with E-state index in [1.165, 1.54) is 4.88 Å². The summed E-state index contributed by atoms with van der Waals surface area (Å²) < 4.78 is 0. The molecule has 1 heterocycles. The van der Waals surface area contributed by atoms with E-state index in [4.69, 9.17) is 0 Å². The highest BCUT2D eigenvalue weighted by Crippen LogP contribution is 2.32. The molecule has 0 aromatic carbocycles. The van der Waals surface area contributed by atoms with Crippen molar-refractivity contribution >= 4 is 17.1 Å². The van der Waals surface area contributed by atoms with Gasteiger partial charge in [0.1, 0.15) is 5.78 Å². The Balaban J connectivity index is 1.88. The van der Waals surface area contributed by atoms with Crippen LogP contribution in [0.25, 0.3) is 0 Å². The Hall–Kier alpha value is -0.670. The minimum atomic E-state index is 0.252. The Labute approximate surface area is 133 Å². The summed E-state index contributed by atoms with van der Waals surface area (Å²) in [6.45, 7) is 7.78. The highest BCUT2D eigenvalue weighted by molar-refractivity contribution is 7.09. The van der Waals surface area contributed by atoms with Crippen LogP contribution < -0.4 is 0 Å². The summed E-state index contributed by atoms with van der Waals surface area (Å²) in [7, 11) is 2.17. The number of likely N-dealkylation sites (N-methyl/N-ethyl adjacent to an activating group) is 1. The van der Waals surface area contributed by atoms with Crippen LogP contribution >= 0.6 is 11.3 Å². The number of hydrogen-bond acceptors (Lipinski definition) is 3. The zero-order valence-corrected chi connectivity index (χ0v) is 14.7. The second-order valence-electron chi connectivity index (χ2n) is 7.01. The smallest absolute Gasteiger partial charge is 0.137 e. The van der Waals surface area contributed by atoms with Gasteiger partial charge in [-0.05, 0) is 56.5 Å². The second kappa shape index (κ2) is 7.55. The number of rotatable bonds is 6. The average molecular weight is 308 g/mol. The maximum Gasteiger partial charge on any atom is 0.137 e. The van der Waals surface area contributed by atoms with Crippen molar-refractivity contribution in [3.05, 3.63) is 22.4 Å². The van der Waals surface area contributed by atoms with Crippen LogP contribution in [-0.2, 0) is 11.2 Å². The molecule has 0 bridgehead atoms. The number of hydrogen-bond donors (Lipinski definition) is 0. The summed E-state index contributed by atoms with van der Waals surface area (Å²) in [5.41, 5.74) is 0. The Morgan fingerprint density at radius 3 is 2.76 bits per heavy atom. The van der Waals surface area contributed by atoms with E-state index in [0.29, 0.717) is 17.7 Å². The molecule has 0 amide bonds. The Morgan fingerprint density at radius 1 is 1.38 bits per heavy atom. The van der Waals surface area contributed by atoms with Crippen molar-refractivity contribution in [2.75, 3.05) is 13.6 Å². The molecule has 3 heteroatoms. The van der Waals surface area contributed by atoms with Gasteiger partial charge in [-0.25, -0.2) is 0 Å². The lowest BCUT2D eigenvalue weighted by atomic mass is 9.75. The average Bonchev–Trinajstić information content (AvgIpc) is 2.93. The van der Waals surface area contributed by atoms with E-state index < -0.39 is 0 Å². The topological polar surface area (TPSA) is 20.3 Å². The zero-order valence-electron chi connectivity index (χ0n) is 13.8. The highest BCUT2D eigenvalue weighted by atomic mass is 32.1. The Kier molecular flexibility index (Phi) is 6.00. The first-order valence-corrected chi connectivity index (χ1v) is 9.10. The molecule has 21 heavy (non-hydrogen) atoms. The van der Waals surface area contributed by atoms with Gasteiger partial charge < -0.3 is 4.90 Å². The van der Waals surface area contributed by atoms with E-state index >= 15 is 0 Å². The molecule has 0 aliphatic heterocycles. The van der Waals surface area contributed by atoms with Crippen molar-refractivity contribution in [2.24, 2.45) is 17.8 Å². The molecule has 2 rings (SSSR count). The highest BCUT2D eigenvalue weighted by Gasteiger charge is 2.31. The zero-order chi connectivity index (χ0) is 15.4. The van der Waals surface area contributed by atoms with Gasteiger partial charge in [-0.2, -0.15) is 0 Å². The van der Waals surface area contributed by atoms with Crippen LogP contribution in [0.2, 0.25) is 0 Å². The quantitative estimate of drug-likeness (QED) is 0.783. The summed E-state index contributed by atoms with van der Waals surface area (Å²) in [5, 5.41) is 2.14. The fourth-order valence-corrected chi connectivity index (χ4v) is 4.16. The molecule has 1 aromatic heterocycles. The maximum atomic E-state index is 12.2. The van der Waals surface area contributed by atoms with E-state index in [1.807, 2.05) is 11.3 Å². The first-order valence-electron chi connectivity index (χ1n) is 8.22. The number of thiophene rings is 1. The third-order valence-electron chi connectivity index (χ3n) is 5.08. The van der Waals surface area contributed by atoms with Crippen molar-refractivity contribution in [2.45, 2.75) is 52.5 Å². The minimum Gasteiger partial charge on any atom is -0.303 e. The van der Waals surface area contributed by atoms with Gasteiger partial charge in [0.15, 0.2) is 0 Å². The third-order valence-corrected chi connectivity index (χ3v) is 5.98. The summed E-state index contributed by atoms with van der Waals surface area (Å²) >= 11 is 1.83. The second-order valence-corrected chi connectivity index (χ2v) is 8.05. The molecule has 0 radical (unpaired) electrons. The molecule has 118 valence electrons. The van der Waals surface area contributed by atoms with E-state index in [-0.39, 0.29) is 5.92 Å². The van der Waals surface area contributed by atoms with Gasteiger partial charge in [0.25, 0.3) is 0 Å². The van der Waals surface area contributed by atoms with Gasteiger partial charge in [-0.15, -0.1) is 11.3 Å². The minimum absolute atomic E-state index is 0.252. The standard InChI is InChI=1S/C18H29NOS/c1-13(2)15-7-8-18(20)16(11-15)12-19(4)14(3)10-17-6-5-9-21-17/h5-6,9,13-16H,7-8,10-12H2,1-4H3. The van der Waals surface area contributed by atoms with Gasteiger partial charge in [0, 0.05) is 29.8 Å². The lowest BCUT2D eigenvalue weighted by molar-refractivity contribution is -0.126. The van der Waals surface area contributed by atoms with Crippen LogP contribution in [0.3, 0.4) is 0 Å². The molecule has 1 aromatic rings. The molecule has 0 saturated heterocycles. The molecule has 0 spiro atoms. The van der Waals surface area contributed by atoms with Gasteiger partial charge in [0.05, 0.1) is 0 Å². The lowest BCUT2D eigenvalue weighted by Crippen LogP contribution is -2.40. The van der Waals surface area contributed by atoms with Crippen LogP contribution in [0, 0.1) is 17.8 Å². The monoisotopic (exact) mass is 307 g/mol. The molecule has 2 nitrogen and oxygen atoms in total. The first kappa shape index (κ1) is 16.7. The van der Waals surface area contributed by atoms with Gasteiger partial charge in [0.2, 0.25) is 0 Å². The molecular weight excluding hydrogens is 278 g/mol. The fourth-order valence-electron chi connectivity index (χ4n) is 3.33. The van der Waals surface area contributed by atoms with Crippen LogP contribution in [0.5, 0.6) is 0 Å². The van der Waals surface area contributed by atoms with Crippen molar-refractivity contribution in [1.29, 1.82) is 0 Å². The van der Waals surface area contributed by atoms with Crippen molar-refractivity contribution in [3.8, 4) is 0 Å². The van der Waals surface area contributed by atoms with Gasteiger partial charge in [-0.1, -0.05) is 19.9 Å². The summed E-state index contributed by atoms with van der Waals surface area (Å²) in [6, 6.07) is 4.82. The number of carbonyl (C=O) groups is 1. The van der Waals surface area contributed by atoms with E-state index in [9.17, 15) is 4.79 Å². The summed E-state index contributed by atoms with van der Waals surface area (Å²) in [5.74, 6) is 2.17. The molecule has 1 saturated carbocycles. The van der Waals surface area contributed by atoms with Crippen LogP contribution in [0.4, 0.5) is 0 Å². The lowest BCUT2D eigenvalue weighted by Gasteiger charge is -2.34. The van der Waals surface area contributed by atoms with Crippen LogP contribution in [-0.4, -0.2) is 30.3 Å². The Bertz CT molecular complexity index is 440. The number of Topliss-reactive ketones (excluding diaryl/α,β-unsaturated/α-hetero) is 1. The summed E-state index contributed by atoms with van der Waals surface area (Å²) in [6.07, 6.45) is 4.07. The molecule has 1 aliphatic rings. The number of ketones is 1. The molecule has 1 aliphatic carbocycles. The third kappa shape index (κ3) is 4.65. The normalized spacial score (nSPS) is 24.8. The van der Waals surface area contributed by atoms with Crippen molar-refractivity contribution < 1.29 is 4.79 Å². The van der Waals surface area contributed by atoms with Crippen molar-refractivity contribution in [1.82, 2.24) is 4.90 Å². The molecule has 1 fully saturated rings. The SMILES string of the molecule is CC(C)C1CCC(=O)C(CN(C)C(C)Cc2cccs2)C1. The van der Waals surface area contributed by atoms with Gasteiger partial charge in [-0.3, -0.25) is 4.79 Å². The van der Waals surface area contributed by atoms with Crippen LogP contribution in [0.1, 0.15) is 44.9 Å². The predicted octanol–water partition coefficient (Wildman–Crippen LogP) is 4.25. The van der Waals surface area contributed by atoms with Gasteiger partial charge >= 0.3 is 0 Å². The van der Waals surface area contributed by atoms with E-state index in [1.54, 1.807) is 0 Å². The number of carbonyl (C=O) groups excluding carboxylic acids is 1. The molecule has 3 atom stereocenters. The largest absolute Gasteiger partial charge is 0.303 e. The molecular formula is C18H29NOS. The maximum absolute atomic E-state index is 12.2. The Morgan fingerprint density at radius 2 is 2.14 bits per heavy atom. The number of nitrogens with zero attached hydrogens (tertiary/aromatic N) is 1. The first-order chi connectivity index (χ1) is 9.97. The van der Waals surface area contributed by atoms with Crippen molar-refractivity contribution in [3.63, 3.8) is 0 Å². The molecule has 3 unspecified atom stereocenters. The van der Waals surface area contributed by atoms with E-state index in [2.05, 4.69) is 50.2 Å².